The molecule has 1 fully saturated rings. The van der Waals surface area contributed by atoms with Crippen molar-refractivity contribution >= 4 is 17.5 Å². The van der Waals surface area contributed by atoms with Gasteiger partial charge < -0.3 is 10.2 Å². The van der Waals surface area contributed by atoms with Gasteiger partial charge in [-0.05, 0) is 31.5 Å². The number of amides is 2. The lowest BCUT2D eigenvalue weighted by Crippen LogP contribution is -2.43. The van der Waals surface area contributed by atoms with Crippen molar-refractivity contribution in [3.05, 3.63) is 29.8 Å². The molecule has 0 aromatic heterocycles. The fraction of sp³-hybridized carbons (Fsp3) is 0.471. The first-order valence-electron chi connectivity index (χ1n) is 7.77. The number of anilines is 1. The zero-order chi connectivity index (χ0) is 16.8. The molecule has 0 radical (unpaired) electrons. The third kappa shape index (κ3) is 4.30. The minimum Gasteiger partial charge on any atom is -0.347 e. The maximum atomic E-state index is 12.1. The normalized spacial score (nSPS) is 17.5. The van der Waals surface area contributed by atoms with Crippen LogP contribution in [0, 0.1) is 11.3 Å². The Morgan fingerprint density at radius 2 is 2.13 bits per heavy atom. The number of nitriles is 1. The van der Waals surface area contributed by atoms with Gasteiger partial charge in [-0.25, -0.2) is 0 Å². The van der Waals surface area contributed by atoms with E-state index in [1.807, 2.05) is 0 Å². The molecule has 1 unspecified atom stereocenters. The Morgan fingerprint density at radius 3 is 2.83 bits per heavy atom. The molecule has 1 atom stereocenters. The second-order valence-corrected chi connectivity index (χ2v) is 5.88. The van der Waals surface area contributed by atoms with Gasteiger partial charge in [0.2, 0.25) is 11.8 Å². The number of likely N-dealkylation sites (N-methyl/N-ethyl adjacent to an activating group) is 1. The molecule has 1 aromatic carbocycles. The van der Waals surface area contributed by atoms with E-state index in [2.05, 4.69) is 16.3 Å². The molecule has 1 aliphatic rings. The number of hydrogen-bond donors (Lipinski definition) is 1. The summed E-state index contributed by atoms with van der Waals surface area (Å²) in [5.74, 6) is -0.0478. The predicted octanol–water partition coefficient (Wildman–Crippen LogP) is 1.44. The number of carbonyl (C=O) groups excluding carboxylic acids is 2. The minimum absolute atomic E-state index is 0.0951. The van der Waals surface area contributed by atoms with Crippen LogP contribution in [0.15, 0.2) is 24.3 Å². The molecular formula is C17H22N4O2. The first-order chi connectivity index (χ1) is 11.0. The van der Waals surface area contributed by atoms with Crippen LogP contribution in [0.4, 0.5) is 5.69 Å². The Hall–Kier alpha value is -2.39. The average Bonchev–Trinajstić information content (AvgIpc) is 3.01. The van der Waals surface area contributed by atoms with E-state index in [-0.39, 0.29) is 17.9 Å². The monoisotopic (exact) mass is 314 g/mol. The highest BCUT2D eigenvalue weighted by atomic mass is 16.2. The number of carbonyl (C=O) groups is 2. The van der Waals surface area contributed by atoms with Gasteiger partial charge in [-0.3, -0.25) is 14.5 Å². The first-order valence-corrected chi connectivity index (χ1v) is 7.77. The Bertz CT molecular complexity index is 621. The van der Waals surface area contributed by atoms with Gasteiger partial charge in [0.25, 0.3) is 0 Å². The number of hydrogen-bond acceptors (Lipinski definition) is 4. The van der Waals surface area contributed by atoms with Gasteiger partial charge in [0.05, 0.1) is 17.3 Å². The molecule has 1 heterocycles. The van der Waals surface area contributed by atoms with E-state index >= 15 is 0 Å². The van der Waals surface area contributed by atoms with Gasteiger partial charge in [-0.1, -0.05) is 12.1 Å². The number of nitrogens with zero attached hydrogens (tertiary/aromatic N) is 3. The molecule has 122 valence electrons. The van der Waals surface area contributed by atoms with Crippen molar-refractivity contribution in [1.29, 1.82) is 5.26 Å². The maximum Gasteiger partial charge on any atom is 0.239 e. The highest BCUT2D eigenvalue weighted by Gasteiger charge is 2.31. The van der Waals surface area contributed by atoms with E-state index in [1.54, 1.807) is 43.3 Å². The standard InChI is InChI=1S/C17H22N4O2/c1-20(2)17(23)15-8-5-10-21(15)11-9-16(22)19-14-7-4-3-6-13(14)12-18/h3-4,6-7,15H,5,8-11H2,1-2H3,(H,19,22). The number of benzene rings is 1. The molecule has 2 rings (SSSR count). The molecule has 6 heteroatoms. The lowest BCUT2D eigenvalue weighted by molar-refractivity contribution is -0.133. The molecular weight excluding hydrogens is 292 g/mol. The van der Waals surface area contributed by atoms with Crippen LogP contribution in [0.2, 0.25) is 0 Å². The second kappa shape index (κ2) is 7.75. The highest BCUT2D eigenvalue weighted by Crippen LogP contribution is 2.19. The fourth-order valence-electron chi connectivity index (χ4n) is 2.82. The molecule has 0 spiro atoms. The number of likely N-dealkylation sites (tertiary alicyclic amines) is 1. The quantitative estimate of drug-likeness (QED) is 0.892. The Morgan fingerprint density at radius 1 is 1.39 bits per heavy atom. The van der Waals surface area contributed by atoms with E-state index in [4.69, 9.17) is 5.26 Å². The van der Waals surface area contributed by atoms with Crippen LogP contribution >= 0.6 is 0 Å². The lowest BCUT2D eigenvalue weighted by atomic mass is 10.2. The number of nitrogens with one attached hydrogen (secondary N) is 1. The summed E-state index contributed by atoms with van der Waals surface area (Å²) in [5.41, 5.74) is 0.977. The van der Waals surface area contributed by atoms with Crippen molar-refractivity contribution in [1.82, 2.24) is 9.80 Å². The summed E-state index contributed by atoms with van der Waals surface area (Å²) in [5, 5.41) is 11.8. The smallest absolute Gasteiger partial charge is 0.239 e. The summed E-state index contributed by atoms with van der Waals surface area (Å²) in [6, 6.07) is 8.86. The van der Waals surface area contributed by atoms with Crippen molar-refractivity contribution in [2.24, 2.45) is 0 Å². The molecule has 0 aliphatic carbocycles. The number of rotatable bonds is 5. The van der Waals surface area contributed by atoms with Crippen LogP contribution in [0.3, 0.4) is 0 Å². The summed E-state index contributed by atoms with van der Waals surface area (Å²) in [6.07, 6.45) is 2.12. The van der Waals surface area contributed by atoms with Crippen LogP contribution in [0.25, 0.3) is 0 Å². The molecule has 0 saturated carbocycles. The third-order valence-corrected chi connectivity index (χ3v) is 4.04. The van der Waals surface area contributed by atoms with Gasteiger partial charge in [-0.2, -0.15) is 5.26 Å². The molecule has 1 N–H and O–H groups in total. The first kappa shape index (κ1) is 17.0. The van der Waals surface area contributed by atoms with Gasteiger partial charge >= 0.3 is 0 Å². The summed E-state index contributed by atoms with van der Waals surface area (Å²) < 4.78 is 0. The minimum atomic E-state index is -0.143. The molecule has 2 amide bonds. The highest BCUT2D eigenvalue weighted by molar-refractivity contribution is 5.92. The van der Waals surface area contributed by atoms with Gasteiger partial charge in [0.15, 0.2) is 0 Å². The molecule has 23 heavy (non-hydrogen) atoms. The predicted molar refractivity (Wildman–Crippen MR) is 87.7 cm³/mol. The fourth-order valence-corrected chi connectivity index (χ4v) is 2.82. The van der Waals surface area contributed by atoms with Crippen LogP contribution < -0.4 is 5.32 Å². The van der Waals surface area contributed by atoms with Gasteiger partial charge in [-0.15, -0.1) is 0 Å². The topological polar surface area (TPSA) is 76.4 Å². The maximum absolute atomic E-state index is 12.1. The molecule has 6 nitrogen and oxygen atoms in total. The largest absolute Gasteiger partial charge is 0.347 e. The molecule has 0 bridgehead atoms. The molecule has 1 aromatic rings. The SMILES string of the molecule is CN(C)C(=O)C1CCCN1CCC(=O)Nc1ccccc1C#N. The van der Waals surface area contributed by atoms with E-state index in [0.717, 1.165) is 19.4 Å². The van der Waals surface area contributed by atoms with E-state index in [0.29, 0.717) is 24.2 Å². The second-order valence-electron chi connectivity index (χ2n) is 5.88. The van der Waals surface area contributed by atoms with Crippen LogP contribution in [0.1, 0.15) is 24.8 Å². The van der Waals surface area contributed by atoms with Crippen molar-refractivity contribution < 1.29 is 9.59 Å². The third-order valence-electron chi connectivity index (χ3n) is 4.04. The zero-order valence-electron chi connectivity index (χ0n) is 13.6. The Kier molecular flexibility index (Phi) is 5.72. The summed E-state index contributed by atoms with van der Waals surface area (Å²) >= 11 is 0. The Balaban J connectivity index is 1.89. The summed E-state index contributed by atoms with van der Waals surface area (Å²) in [4.78, 5) is 27.9. The van der Waals surface area contributed by atoms with E-state index in [1.165, 1.54) is 0 Å². The Labute approximate surface area is 136 Å². The van der Waals surface area contributed by atoms with Gasteiger partial charge in [0, 0.05) is 27.1 Å². The van der Waals surface area contributed by atoms with Crippen LogP contribution in [-0.4, -0.2) is 54.8 Å². The van der Waals surface area contributed by atoms with Crippen LogP contribution in [-0.2, 0) is 9.59 Å². The molecule has 1 aliphatic heterocycles. The number of para-hydroxylation sites is 1. The van der Waals surface area contributed by atoms with Gasteiger partial charge in [0.1, 0.15) is 6.07 Å². The van der Waals surface area contributed by atoms with Crippen molar-refractivity contribution in [2.75, 3.05) is 32.5 Å². The van der Waals surface area contributed by atoms with Crippen molar-refractivity contribution in [3.8, 4) is 6.07 Å². The van der Waals surface area contributed by atoms with E-state index < -0.39 is 0 Å². The summed E-state index contributed by atoms with van der Waals surface area (Å²) in [7, 11) is 3.51. The zero-order valence-corrected chi connectivity index (χ0v) is 13.6. The lowest BCUT2D eigenvalue weighted by Gasteiger charge is -2.25. The summed E-state index contributed by atoms with van der Waals surface area (Å²) in [6.45, 7) is 1.39. The average molecular weight is 314 g/mol. The van der Waals surface area contributed by atoms with Crippen molar-refractivity contribution in [2.45, 2.75) is 25.3 Å². The van der Waals surface area contributed by atoms with Crippen molar-refractivity contribution in [3.63, 3.8) is 0 Å². The molecule has 1 saturated heterocycles. The van der Waals surface area contributed by atoms with Crippen LogP contribution in [0.5, 0.6) is 0 Å². The van der Waals surface area contributed by atoms with E-state index in [9.17, 15) is 9.59 Å².